The summed E-state index contributed by atoms with van der Waals surface area (Å²) in [5, 5.41) is 7.78. The van der Waals surface area contributed by atoms with E-state index in [0.717, 1.165) is 17.7 Å². The zero-order valence-corrected chi connectivity index (χ0v) is 16.7. The Morgan fingerprint density at radius 1 is 1.27 bits per heavy atom. The molecule has 3 N–H and O–H groups in total. The highest BCUT2D eigenvalue weighted by Gasteiger charge is 2.23. The molecule has 1 heterocycles. The van der Waals surface area contributed by atoms with E-state index >= 15 is 0 Å². The fourth-order valence-electron chi connectivity index (χ4n) is 2.42. The molecule has 0 aliphatic carbocycles. The molecule has 1 aromatic carbocycles. The summed E-state index contributed by atoms with van der Waals surface area (Å²) >= 11 is 7.26. The highest BCUT2D eigenvalue weighted by atomic mass is 35.5. The minimum Gasteiger partial charge on any atom is -0.462 e. The molecule has 5 nitrogen and oxygen atoms in total. The molecule has 26 heavy (non-hydrogen) atoms. The van der Waals surface area contributed by atoms with Crippen LogP contribution in [-0.2, 0) is 9.53 Å². The van der Waals surface area contributed by atoms with Crippen molar-refractivity contribution in [2.75, 3.05) is 25.0 Å². The van der Waals surface area contributed by atoms with Gasteiger partial charge in [0.15, 0.2) is 6.54 Å². The predicted octanol–water partition coefficient (Wildman–Crippen LogP) is 3.40. The summed E-state index contributed by atoms with van der Waals surface area (Å²) < 4.78 is 5.19. The molecule has 0 spiro atoms. The van der Waals surface area contributed by atoms with Gasteiger partial charge >= 0.3 is 5.97 Å². The van der Waals surface area contributed by atoms with Crippen LogP contribution in [-0.4, -0.2) is 31.6 Å². The fourth-order valence-corrected chi connectivity index (χ4v) is 3.52. The van der Waals surface area contributed by atoms with Gasteiger partial charge < -0.3 is 15.4 Å². The van der Waals surface area contributed by atoms with Gasteiger partial charge in [-0.05, 0) is 24.6 Å². The Kier molecular flexibility index (Phi) is 7.63. The summed E-state index contributed by atoms with van der Waals surface area (Å²) in [4.78, 5) is 24.7. The van der Waals surface area contributed by atoms with E-state index in [0.29, 0.717) is 28.0 Å². The Bertz CT molecular complexity index is 757. The predicted molar refractivity (Wildman–Crippen MR) is 106 cm³/mol. The van der Waals surface area contributed by atoms with Crippen molar-refractivity contribution in [2.24, 2.45) is 5.92 Å². The molecule has 0 saturated carbocycles. The Hall–Kier alpha value is -1.89. The van der Waals surface area contributed by atoms with Crippen LogP contribution in [0.3, 0.4) is 0 Å². The molecule has 0 unspecified atom stereocenters. The molecule has 2 rings (SSSR count). The Morgan fingerprint density at radius 2 is 1.96 bits per heavy atom. The van der Waals surface area contributed by atoms with Gasteiger partial charge in [0.05, 0.1) is 13.2 Å². The number of nitrogens with two attached hydrogens (primary N) is 1. The van der Waals surface area contributed by atoms with Crippen molar-refractivity contribution in [1.82, 2.24) is 0 Å². The van der Waals surface area contributed by atoms with Crippen molar-refractivity contribution in [1.29, 1.82) is 0 Å². The summed E-state index contributed by atoms with van der Waals surface area (Å²) in [5.41, 5.74) is 1.96. The molecule has 0 bridgehead atoms. The number of amides is 1. The molecule has 7 heteroatoms. The molecule has 0 aliphatic heterocycles. The third-order valence-corrected chi connectivity index (χ3v) is 4.79. The number of carbonyl (C=O) groups is 2. The van der Waals surface area contributed by atoms with Gasteiger partial charge in [-0.3, -0.25) is 4.79 Å². The van der Waals surface area contributed by atoms with Crippen LogP contribution < -0.4 is 10.6 Å². The summed E-state index contributed by atoms with van der Waals surface area (Å²) in [7, 11) is 0. The Labute approximate surface area is 162 Å². The third-order valence-electron chi connectivity index (χ3n) is 3.65. The van der Waals surface area contributed by atoms with Crippen molar-refractivity contribution in [3.63, 3.8) is 0 Å². The molecule has 0 aliphatic rings. The van der Waals surface area contributed by atoms with Crippen molar-refractivity contribution >= 4 is 39.8 Å². The molecular weight excluding hydrogens is 372 g/mol. The van der Waals surface area contributed by atoms with Crippen LogP contribution in [0.5, 0.6) is 0 Å². The molecule has 0 atom stereocenters. The monoisotopic (exact) mass is 395 g/mol. The first kappa shape index (κ1) is 20.4. The number of hydrogen-bond donors (Lipinski definition) is 2. The Balaban J connectivity index is 2.24. The molecule has 0 radical (unpaired) electrons. The summed E-state index contributed by atoms with van der Waals surface area (Å²) in [6.07, 6.45) is 0. The summed E-state index contributed by atoms with van der Waals surface area (Å²) in [5.74, 6) is -0.0722. The van der Waals surface area contributed by atoms with Crippen LogP contribution in [0.15, 0.2) is 29.6 Å². The first-order chi connectivity index (χ1) is 12.4. The van der Waals surface area contributed by atoms with E-state index in [1.54, 1.807) is 19.1 Å². The second-order valence-corrected chi connectivity index (χ2v) is 7.57. The number of rotatable bonds is 8. The fraction of sp³-hybridized carbons (Fsp3) is 0.368. The molecule has 2 aromatic rings. The lowest BCUT2D eigenvalue weighted by Gasteiger charge is -2.09. The molecular formula is C19H24ClN2O3S+. The normalized spacial score (nSPS) is 10.8. The zero-order chi connectivity index (χ0) is 19.1. The number of ether oxygens (including phenoxy) is 1. The highest BCUT2D eigenvalue weighted by molar-refractivity contribution is 7.15. The summed E-state index contributed by atoms with van der Waals surface area (Å²) in [6.45, 7) is 7.42. The van der Waals surface area contributed by atoms with Gasteiger partial charge in [-0.1, -0.05) is 37.6 Å². The lowest BCUT2D eigenvalue weighted by molar-refractivity contribution is -0.648. The van der Waals surface area contributed by atoms with Crippen molar-refractivity contribution in [2.45, 2.75) is 20.8 Å². The first-order valence-electron chi connectivity index (χ1n) is 8.58. The number of halogens is 1. The number of benzene rings is 1. The number of thiophene rings is 1. The van der Waals surface area contributed by atoms with Crippen LogP contribution in [0.25, 0.3) is 11.1 Å². The maximum Gasteiger partial charge on any atom is 0.341 e. The molecule has 1 aromatic heterocycles. The van der Waals surface area contributed by atoms with Gasteiger partial charge in [-0.2, -0.15) is 0 Å². The topological polar surface area (TPSA) is 72.0 Å². The van der Waals surface area contributed by atoms with Crippen molar-refractivity contribution < 1.29 is 19.6 Å². The lowest BCUT2D eigenvalue weighted by atomic mass is 10.0. The number of carbonyl (C=O) groups excluding carboxylic acids is 2. The minimum absolute atomic E-state index is 0.138. The van der Waals surface area contributed by atoms with Gasteiger partial charge in [-0.25, -0.2) is 4.79 Å². The molecule has 0 saturated heterocycles. The molecule has 1 amide bonds. The van der Waals surface area contributed by atoms with Gasteiger partial charge in [0.1, 0.15) is 10.6 Å². The van der Waals surface area contributed by atoms with E-state index in [2.05, 4.69) is 19.2 Å². The average molecular weight is 396 g/mol. The maximum atomic E-state index is 12.5. The van der Waals surface area contributed by atoms with E-state index in [1.165, 1.54) is 11.3 Å². The van der Waals surface area contributed by atoms with Gasteiger partial charge in [0.2, 0.25) is 0 Å². The average Bonchev–Trinajstić information content (AvgIpc) is 2.99. The second kappa shape index (κ2) is 9.71. The smallest absolute Gasteiger partial charge is 0.341 e. The first-order valence-corrected chi connectivity index (χ1v) is 9.84. The Morgan fingerprint density at radius 3 is 2.58 bits per heavy atom. The zero-order valence-electron chi connectivity index (χ0n) is 15.2. The van der Waals surface area contributed by atoms with Crippen molar-refractivity contribution in [3.05, 3.63) is 40.2 Å². The second-order valence-electron chi connectivity index (χ2n) is 6.25. The van der Waals surface area contributed by atoms with Crippen LogP contribution in [0, 0.1) is 5.92 Å². The highest BCUT2D eigenvalue weighted by Crippen LogP contribution is 2.36. The van der Waals surface area contributed by atoms with Crippen molar-refractivity contribution in [3.8, 4) is 11.1 Å². The van der Waals surface area contributed by atoms with Crippen LogP contribution >= 0.6 is 22.9 Å². The number of esters is 1. The maximum absolute atomic E-state index is 12.5. The lowest BCUT2D eigenvalue weighted by Crippen LogP contribution is -2.87. The van der Waals surface area contributed by atoms with E-state index in [-0.39, 0.29) is 12.5 Å². The number of hydrogen-bond acceptors (Lipinski definition) is 4. The summed E-state index contributed by atoms with van der Waals surface area (Å²) in [6, 6.07) is 7.22. The molecule has 0 fully saturated rings. The van der Waals surface area contributed by atoms with Gasteiger partial charge in [-0.15, -0.1) is 11.3 Å². The van der Waals surface area contributed by atoms with E-state index in [9.17, 15) is 9.59 Å². The van der Waals surface area contributed by atoms with E-state index < -0.39 is 5.97 Å². The van der Waals surface area contributed by atoms with Crippen LogP contribution in [0.1, 0.15) is 31.1 Å². The third kappa shape index (κ3) is 5.56. The molecule has 140 valence electrons. The van der Waals surface area contributed by atoms with Crippen LogP contribution in [0.4, 0.5) is 5.00 Å². The SMILES string of the molecule is CCOC(=O)c1c(-c2ccc(Cl)cc2)csc1NC(=O)C[NH2+]CC(C)C. The number of anilines is 1. The van der Waals surface area contributed by atoms with Gasteiger partial charge in [0.25, 0.3) is 5.91 Å². The minimum atomic E-state index is -0.444. The number of quaternary nitrogens is 1. The van der Waals surface area contributed by atoms with E-state index in [1.807, 2.05) is 22.8 Å². The largest absolute Gasteiger partial charge is 0.462 e. The number of nitrogens with one attached hydrogen (secondary N) is 1. The quantitative estimate of drug-likeness (QED) is 0.673. The van der Waals surface area contributed by atoms with Crippen LogP contribution in [0.2, 0.25) is 5.02 Å². The standard InChI is InChI=1S/C19H23ClN2O3S/c1-4-25-19(24)17-15(13-5-7-14(20)8-6-13)11-26-18(17)22-16(23)10-21-9-12(2)3/h5-8,11-12,21H,4,9-10H2,1-3H3,(H,22,23)/p+1. The van der Waals surface area contributed by atoms with Gasteiger partial charge in [0, 0.05) is 21.9 Å². The van der Waals surface area contributed by atoms with E-state index in [4.69, 9.17) is 16.3 Å².